The zero-order chi connectivity index (χ0) is 12.1. The van der Waals surface area contributed by atoms with E-state index in [1.54, 1.807) is 30.0 Å². The Morgan fingerprint density at radius 1 is 1.12 bits per heavy atom. The van der Waals surface area contributed by atoms with Crippen LogP contribution in [0.2, 0.25) is 0 Å². The van der Waals surface area contributed by atoms with Crippen molar-refractivity contribution < 1.29 is 9.18 Å². The van der Waals surface area contributed by atoms with Crippen molar-refractivity contribution in [2.45, 2.75) is 10.6 Å². The maximum absolute atomic E-state index is 12.7. The molecule has 0 spiro atoms. The highest BCUT2D eigenvalue weighted by Crippen LogP contribution is 2.23. The van der Waals surface area contributed by atoms with Crippen molar-refractivity contribution >= 4 is 18.0 Å². The van der Waals surface area contributed by atoms with Crippen molar-refractivity contribution in [1.82, 2.24) is 0 Å². The maximum atomic E-state index is 12.7. The normalized spacial score (nSPS) is 10.2. The Morgan fingerprint density at radius 3 is 2.59 bits per heavy atom. The Morgan fingerprint density at radius 2 is 1.88 bits per heavy atom. The van der Waals surface area contributed by atoms with Crippen molar-refractivity contribution in [1.29, 1.82) is 0 Å². The minimum absolute atomic E-state index is 0.225. The van der Waals surface area contributed by atoms with Crippen LogP contribution in [-0.2, 0) is 5.75 Å². The van der Waals surface area contributed by atoms with Crippen molar-refractivity contribution in [3.8, 4) is 0 Å². The van der Waals surface area contributed by atoms with Gasteiger partial charge in [0, 0.05) is 16.2 Å². The monoisotopic (exact) mass is 246 g/mol. The van der Waals surface area contributed by atoms with Gasteiger partial charge in [-0.05, 0) is 35.9 Å². The van der Waals surface area contributed by atoms with Gasteiger partial charge in [-0.1, -0.05) is 18.2 Å². The van der Waals surface area contributed by atoms with Crippen LogP contribution in [-0.4, -0.2) is 6.29 Å². The summed E-state index contributed by atoms with van der Waals surface area (Å²) in [5.74, 6) is 0.546. The third-order valence-electron chi connectivity index (χ3n) is 2.31. The minimum atomic E-state index is -0.225. The summed E-state index contributed by atoms with van der Waals surface area (Å²) in [6.45, 7) is 0. The second-order valence-corrected chi connectivity index (χ2v) is 4.65. The van der Waals surface area contributed by atoms with E-state index in [2.05, 4.69) is 0 Å². The van der Waals surface area contributed by atoms with Gasteiger partial charge in [0.25, 0.3) is 0 Å². The van der Waals surface area contributed by atoms with Crippen LogP contribution in [0.5, 0.6) is 0 Å². The van der Waals surface area contributed by atoms with E-state index >= 15 is 0 Å². The highest BCUT2D eigenvalue weighted by atomic mass is 32.2. The summed E-state index contributed by atoms with van der Waals surface area (Å²) in [6, 6.07) is 13.9. The van der Waals surface area contributed by atoms with Gasteiger partial charge in [0.1, 0.15) is 12.1 Å². The summed E-state index contributed by atoms with van der Waals surface area (Å²) in [5.41, 5.74) is 1.77. The summed E-state index contributed by atoms with van der Waals surface area (Å²) in [6.07, 6.45) is 0.839. The molecule has 3 heteroatoms. The fourth-order valence-electron chi connectivity index (χ4n) is 1.45. The van der Waals surface area contributed by atoms with Gasteiger partial charge < -0.3 is 0 Å². The van der Waals surface area contributed by atoms with Crippen LogP contribution >= 0.6 is 11.8 Å². The van der Waals surface area contributed by atoms with Gasteiger partial charge in [-0.15, -0.1) is 11.8 Å². The van der Waals surface area contributed by atoms with E-state index in [4.69, 9.17) is 0 Å². The molecule has 0 atom stereocenters. The van der Waals surface area contributed by atoms with Gasteiger partial charge in [0.15, 0.2) is 0 Å². The molecule has 0 amide bonds. The average Bonchev–Trinajstić information content (AvgIpc) is 2.38. The molecule has 0 aliphatic carbocycles. The van der Waals surface area contributed by atoms with Crippen molar-refractivity contribution in [3.63, 3.8) is 0 Å². The SMILES string of the molecule is O=Cc1cccc(CSc2ccc(F)cc2)c1. The fourth-order valence-corrected chi connectivity index (χ4v) is 2.30. The predicted octanol–water partition coefficient (Wildman–Crippen LogP) is 3.93. The second-order valence-electron chi connectivity index (χ2n) is 3.61. The lowest BCUT2D eigenvalue weighted by atomic mass is 10.2. The molecular formula is C14H11FOS. The molecule has 1 nitrogen and oxygen atoms in total. The van der Waals surface area contributed by atoms with Crippen LogP contribution in [0.3, 0.4) is 0 Å². The molecule has 2 aromatic carbocycles. The lowest BCUT2D eigenvalue weighted by molar-refractivity contribution is 0.112. The van der Waals surface area contributed by atoms with E-state index in [1.165, 1.54) is 12.1 Å². The number of thioether (sulfide) groups is 1. The molecule has 0 unspecified atom stereocenters. The third-order valence-corrected chi connectivity index (χ3v) is 3.39. The Hall–Kier alpha value is -1.61. The zero-order valence-corrected chi connectivity index (χ0v) is 9.91. The largest absolute Gasteiger partial charge is 0.298 e. The lowest BCUT2D eigenvalue weighted by Gasteiger charge is -2.02. The van der Waals surface area contributed by atoms with E-state index in [1.807, 2.05) is 18.2 Å². The minimum Gasteiger partial charge on any atom is -0.298 e. The lowest BCUT2D eigenvalue weighted by Crippen LogP contribution is -1.84. The van der Waals surface area contributed by atoms with Gasteiger partial charge in [-0.3, -0.25) is 4.79 Å². The first-order valence-electron chi connectivity index (χ1n) is 5.20. The molecule has 0 aliphatic heterocycles. The highest BCUT2D eigenvalue weighted by Gasteiger charge is 1.98. The second kappa shape index (κ2) is 5.64. The number of carbonyl (C=O) groups is 1. The smallest absolute Gasteiger partial charge is 0.150 e. The quantitative estimate of drug-likeness (QED) is 0.600. The van der Waals surface area contributed by atoms with Crippen molar-refractivity contribution in [2.24, 2.45) is 0 Å². The first-order chi connectivity index (χ1) is 8.28. The molecule has 0 saturated heterocycles. The van der Waals surface area contributed by atoms with E-state index < -0.39 is 0 Å². The van der Waals surface area contributed by atoms with Gasteiger partial charge in [0.2, 0.25) is 0 Å². The van der Waals surface area contributed by atoms with Crippen LogP contribution in [0.15, 0.2) is 53.4 Å². The molecule has 0 heterocycles. The van der Waals surface area contributed by atoms with Gasteiger partial charge >= 0.3 is 0 Å². The van der Waals surface area contributed by atoms with E-state index in [9.17, 15) is 9.18 Å². The molecule has 0 aliphatic rings. The molecule has 0 aromatic heterocycles. The fraction of sp³-hybridized carbons (Fsp3) is 0.0714. The molecule has 17 heavy (non-hydrogen) atoms. The van der Waals surface area contributed by atoms with E-state index in [0.29, 0.717) is 5.56 Å². The molecule has 86 valence electrons. The molecule has 0 saturated carbocycles. The molecule has 0 N–H and O–H groups in total. The summed E-state index contributed by atoms with van der Waals surface area (Å²) in [4.78, 5) is 11.6. The summed E-state index contributed by atoms with van der Waals surface area (Å²) in [7, 11) is 0. The van der Waals surface area contributed by atoms with Crippen LogP contribution in [0.1, 0.15) is 15.9 Å². The van der Waals surface area contributed by atoms with Crippen molar-refractivity contribution in [2.75, 3.05) is 0 Å². The molecule has 0 bridgehead atoms. The number of carbonyl (C=O) groups excluding carboxylic acids is 1. The average molecular weight is 246 g/mol. The third kappa shape index (κ3) is 3.43. The van der Waals surface area contributed by atoms with Crippen LogP contribution in [0.4, 0.5) is 4.39 Å². The molecular weight excluding hydrogens is 235 g/mol. The van der Waals surface area contributed by atoms with Crippen LogP contribution in [0.25, 0.3) is 0 Å². The van der Waals surface area contributed by atoms with Crippen molar-refractivity contribution in [3.05, 3.63) is 65.5 Å². The standard InChI is InChI=1S/C14H11FOS/c15-13-4-6-14(7-5-13)17-10-12-3-1-2-11(8-12)9-16/h1-9H,10H2. The Balaban J connectivity index is 2.01. The summed E-state index contributed by atoms with van der Waals surface area (Å²) >= 11 is 1.62. The van der Waals surface area contributed by atoms with Crippen LogP contribution in [0, 0.1) is 5.82 Å². The summed E-state index contributed by atoms with van der Waals surface area (Å²) < 4.78 is 12.7. The Labute approximate surface area is 104 Å². The van der Waals surface area contributed by atoms with Gasteiger partial charge in [-0.25, -0.2) is 4.39 Å². The Bertz CT molecular complexity index is 508. The number of hydrogen-bond donors (Lipinski definition) is 0. The van der Waals surface area contributed by atoms with Gasteiger partial charge in [-0.2, -0.15) is 0 Å². The number of rotatable bonds is 4. The molecule has 0 fully saturated rings. The van der Waals surface area contributed by atoms with Crippen LogP contribution < -0.4 is 0 Å². The predicted molar refractivity (Wildman–Crippen MR) is 67.8 cm³/mol. The summed E-state index contributed by atoms with van der Waals surface area (Å²) in [5, 5.41) is 0. The molecule has 2 rings (SSSR count). The van der Waals surface area contributed by atoms with E-state index in [0.717, 1.165) is 22.5 Å². The maximum Gasteiger partial charge on any atom is 0.150 e. The number of halogens is 1. The zero-order valence-electron chi connectivity index (χ0n) is 9.10. The topological polar surface area (TPSA) is 17.1 Å². The molecule has 2 aromatic rings. The van der Waals surface area contributed by atoms with Gasteiger partial charge in [0.05, 0.1) is 0 Å². The first kappa shape index (κ1) is 11.9. The highest BCUT2D eigenvalue weighted by molar-refractivity contribution is 7.98. The number of hydrogen-bond acceptors (Lipinski definition) is 2. The van der Waals surface area contributed by atoms with E-state index in [-0.39, 0.29) is 5.82 Å². The Kier molecular flexibility index (Phi) is 3.94. The number of aldehydes is 1. The molecule has 0 radical (unpaired) electrons. The first-order valence-corrected chi connectivity index (χ1v) is 6.19. The number of benzene rings is 2.